The van der Waals surface area contributed by atoms with Gasteiger partial charge in [-0.1, -0.05) is 12.8 Å². The second kappa shape index (κ2) is 7.01. The highest BCUT2D eigenvalue weighted by Gasteiger charge is 2.19. The smallest absolute Gasteiger partial charge is 0.237 e. The molecule has 1 saturated heterocycles. The lowest BCUT2D eigenvalue weighted by atomic mass is 10.1. The van der Waals surface area contributed by atoms with E-state index in [4.69, 9.17) is 0 Å². The summed E-state index contributed by atoms with van der Waals surface area (Å²) in [6.07, 6.45) is 6.04. The molecule has 3 unspecified atom stereocenters. The number of carbonyl (C=O) groups is 1. The molecular formula is C11H22N2O2S. The monoisotopic (exact) mass is 246 g/mol. The van der Waals surface area contributed by atoms with Gasteiger partial charge in [-0.25, -0.2) is 0 Å². The third-order valence-electron chi connectivity index (χ3n) is 3.01. The van der Waals surface area contributed by atoms with Gasteiger partial charge in [0, 0.05) is 28.9 Å². The Morgan fingerprint density at radius 1 is 1.50 bits per heavy atom. The quantitative estimate of drug-likeness (QED) is 0.755. The number of carbonyl (C=O) groups excluding carboxylic acids is 1. The maximum Gasteiger partial charge on any atom is 0.237 e. The second-order valence-corrected chi connectivity index (χ2v) is 6.21. The Hall–Kier alpha value is -0.420. The first kappa shape index (κ1) is 13.6. The van der Waals surface area contributed by atoms with Gasteiger partial charge in [-0.15, -0.1) is 0 Å². The molecule has 4 nitrogen and oxygen atoms in total. The van der Waals surface area contributed by atoms with Crippen molar-refractivity contribution in [2.75, 3.05) is 19.3 Å². The number of rotatable bonds is 4. The average Bonchev–Trinajstić information content (AvgIpc) is 2.53. The third-order valence-corrected chi connectivity index (χ3v) is 4.31. The molecule has 1 aliphatic heterocycles. The summed E-state index contributed by atoms with van der Waals surface area (Å²) in [5, 5.41) is 6.14. The van der Waals surface area contributed by atoms with Crippen molar-refractivity contribution in [1.82, 2.24) is 10.6 Å². The Kier molecular flexibility index (Phi) is 5.98. The van der Waals surface area contributed by atoms with Gasteiger partial charge in [-0.05, 0) is 26.3 Å². The fourth-order valence-corrected chi connectivity index (χ4v) is 2.06. The second-order valence-electron chi connectivity index (χ2n) is 4.41. The van der Waals surface area contributed by atoms with E-state index < -0.39 is 10.8 Å². The van der Waals surface area contributed by atoms with Gasteiger partial charge in [0.15, 0.2) is 0 Å². The summed E-state index contributed by atoms with van der Waals surface area (Å²) in [7, 11) is -0.870. The molecule has 5 heteroatoms. The molecule has 0 radical (unpaired) electrons. The number of nitrogens with one attached hydrogen (secondary N) is 2. The molecule has 16 heavy (non-hydrogen) atoms. The van der Waals surface area contributed by atoms with E-state index in [1.807, 2.05) is 6.92 Å². The van der Waals surface area contributed by atoms with E-state index in [2.05, 4.69) is 10.6 Å². The van der Waals surface area contributed by atoms with Crippen LogP contribution in [-0.2, 0) is 15.6 Å². The van der Waals surface area contributed by atoms with Crippen LogP contribution >= 0.6 is 0 Å². The van der Waals surface area contributed by atoms with E-state index in [0.717, 1.165) is 25.8 Å². The van der Waals surface area contributed by atoms with Crippen LogP contribution in [0.15, 0.2) is 0 Å². The Balaban J connectivity index is 2.30. The van der Waals surface area contributed by atoms with Crippen molar-refractivity contribution in [3.8, 4) is 0 Å². The minimum atomic E-state index is -0.870. The Labute approximate surface area is 100 Å². The summed E-state index contributed by atoms with van der Waals surface area (Å²) < 4.78 is 11.1. The van der Waals surface area contributed by atoms with Crippen molar-refractivity contribution in [2.45, 2.75) is 43.9 Å². The molecule has 0 bridgehead atoms. The van der Waals surface area contributed by atoms with E-state index >= 15 is 0 Å². The lowest BCUT2D eigenvalue weighted by molar-refractivity contribution is -0.123. The van der Waals surface area contributed by atoms with Crippen LogP contribution in [0.3, 0.4) is 0 Å². The minimum Gasteiger partial charge on any atom is -0.354 e. The van der Waals surface area contributed by atoms with Crippen LogP contribution in [-0.4, -0.2) is 40.8 Å². The number of hydrogen-bond acceptors (Lipinski definition) is 3. The molecule has 1 amide bonds. The van der Waals surface area contributed by atoms with Gasteiger partial charge in [0.05, 0.1) is 6.04 Å². The molecule has 2 N–H and O–H groups in total. The van der Waals surface area contributed by atoms with Crippen molar-refractivity contribution in [1.29, 1.82) is 0 Å². The van der Waals surface area contributed by atoms with Crippen LogP contribution in [0.25, 0.3) is 0 Å². The minimum absolute atomic E-state index is 0.0229. The van der Waals surface area contributed by atoms with Gasteiger partial charge in [0.2, 0.25) is 5.91 Å². The molecule has 0 aromatic carbocycles. The standard InChI is InChI=1S/C11H22N2O2S/c1-9(16(2)15)8-13-11(14)10-6-4-3-5-7-12-10/h9-10,12H,3-8H2,1-2H3,(H,13,14). The van der Waals surface area contributed by atoms with Gasteiger partial charge in [-0.2, -0.15) is 0 Å². The van der Waals surface area contributed by atoms with Crippen molar-refractivity contribution in [3.63, 3.8) is 0 Å². The predicted molar refractivity (Wildman–Crippen MR) is 66.8 cm³/mol. The van der Waals surface area contributed by atoms with E-state index in [1.54, 1.807) is 6.26 Å². The fourth-order valence-electron chi connectivity index (χ4n) is 1.74. The molecule has 94 valence electrons. The fraction of sp³-hybridized carbons (Fsp3) is 0.909. The molecule has 0 aromatic rings. The van der Waals surface area contributed by atoms with Gasteiger partial charge < -0.3 is 10.6 Å². The summed E-state index contributed by atoms with van der Waals surface area (Å²) in [5.41, 5.74) is 0. The molecule has 1 aliphatic rings. The van der Waals surface area contributed by atoms with E-state index in [9.17, 15) is 9.00 Å². The predicted octanol–water partition coefficient (Wildman–Crippen LogP) is 0.402. The van der Waals surface area contributed by atoms with Crippen molar-refractivity contribution >= 4 is 16.7 Å². The molecule has 0 aromatic heterocycles. The zero-order chi connectivity index (χ0) is 12.0. The van der Waals surface area contributed by atoms with E-state index in [0.29, 0.717) is 6.54 Å². The molecule has 3 atom stereocenters. The summed E-state index contributed by atoms with van der Waals surface area (Å²) in [6.45, 7) is 3.31. The lowest BCUT2D eigenvalue weighted by Crippen LogP contribution is -2.45. The zero-order valence-electron chi connectivity index (χ0n) is 10.1. The first-order valence-electron chi connectivity index (χ1n) is 5.94. The van der Waals surface area contributed by atoms with Crippen LogP contribution in [0.5, 0.6) is 0 Å². The number of amides is 1. The first-order valence-corrected chi connectivity index (χ1v) is 7.56. The van der Waals surface area contributed by atoms with Gasteiger partial charge in [0.25, 0.3) is 0 Å². The van der Waals surface area contributed by atoms with Crippen molar-refractivity contribution in [2.24, 2.45) is 0 Å². The Morgan fingerprint density at radius 3 is 2.94 bits per heavy atom. The molecule has 0 spiro atoms. The normalized spacial score (nSPS) is 25.5. The summed E-state index contributed by atoms with van der Waals surface area (Å²) >= 11 is 0. The van der Waals surface area contributed by atoms with E-state index in [1.165, 1.54) is 6.42 Å². The average molecular weight is 246 g/mol. The largest absolute Gasteiger partial charge is 0.354 e. The Bertz CT molecular complexity index is 250. The van der Waals surface area contributed by atoms with Crippen LogP contribution in [0.1, 0.15) is 32.6 Å². The first-order chi connectivity index (χ1) is 7.61. The van der Waals surface area contributed by atoms with Gasteiger partial charge in [-0.3, -0.25) is 9.00 Å². The highest BCUT2D eigenvalue weighted by molar-refractivity contribution is 7.84. The molecule has 1 rings (SSSR count). The van der Waals surface area contributed by atoms with Crippen LogP contribution < -0.4 is 10.6 Å². The Morgan fingerprint density at radius 2 is 2.25 bits per heavy atom. The highest BCUT2D eigenvalue weighted by atomic mass is 32.2. The van der Waals surface area contributed by atoms with Crippen molar-refractivity contribution in [3.05, 3.63) is 0 Å². The van der Waals surface area contributed by atoms with Gasteiger partial charge >= 0.3 is 0 Å². The molecule has 0 aliphatic carbocycles. The summed E-state index contributed by atoms with van der Waals surface area (Å²) in [6, 6.07) is -0.0556. The highest BCUT2D eigenvalue weighted by Crippen LogP contribution is 2.08. The molecule has 1 heterocycles. The lowest BCUT2D eigenvalue weighted by Gasteiger charge is -2.17. The summed E-state index contributed by atoms with van der Waals surface area (Å²) in [4.78, 5) is 11.8. The zero-order valence-corrected chi connectivity index (χ0v) is 10.9. The SMILES string of the molecule is CC(CNC(=O)C1CCCCCN1)S(C)=O. The van der Waals surface area contributed by atoms with Crippen molar-refractivity contribution < 1.29 is 9.00 Å². The van der Waals surface area contributed by atoms with E-state index in [-0.39, 0.29) is 17.2 Å². The van der Waals surface area contributed by atoms with Crippen LogP contribution in [0, 0.1) is 0 Å². The molecular weight excluding hydrogens is 224 g/mol. The topological polar surface area (TPSA) is 58.2 Å². The van der Waals surface area contributed by atoms with Crippen LogP contribution in [0.4, 0.5) is 0 Å². The third kappa shape index (κ3) is 4.61. The number of hydrogen-bond donors (Lipinski definition) is 2. The summed E-state index contributed by atoms with van der Waals surface area (Å²) in [5.74, 6) is 0.0548. The molecule has 1 fully saturated rings. The molecule has 0 saturated carbocycles. The van der Waals surface area contributed by atoms with Gasteiger partial charge in [0.1, 0.15) is 0 Å². The maximum absolute atomic E-state index is 11.8. The maximum atomic E-state index is 11.8. The van der Waals surface area contributed by atoms with Crippen LogP contribution in [0.2, 0.25) is 0 Å².